The van der Waals surface area contributed by atoms with E-state index >= 15 is 0 Å². The summed E-state index contributed by atoms with van der Waals surface area (Å²) in [5.41, 5.74) is 0.109. The van der Waals surface area contributed by atoms with Gasteiger partial charge in [0.05, 0.1) is 12.0 Å². The van der Waals surface area contributed by atoms with Gasteiger partial charge in [-0.3, -0.25) is 10.1 Å². The lowest BCUT2D eigenvalue weighted by atomic mass is 10.2. The molecule has 0 radical (unpaired) electrons. The standard InChI is InChI=1S/C14H11BrFNO4/c1-20-11-4-2-9(3-5-11)8-21-13-7-10(15)6-12(16)14(13)17(18)19/h2-7H,8H2,1H3. The van der Waals surface area contributed by atoms with Crippen LogP contribution in [0.15, 0.2) is 40.9 Å². The monoisotopic (exact) mass is 355 g/mol. The predicted octanol–water partition coefficient (Wildman–Crippen LogP) is 4.08. The Morgan fingerprint density at radius 3 is 2.52 bits per heavy atom. The van der Waals surface area contributed by atoms with Crippen molar-refractivity contribution in [2.45, 2.75) is 6.61 Å². The van der Waals surface area contributed by atoms with E-state index in [-0.39, 0.29) is 12.4 Å². The summed E-state index contributed by atoms with van der Waals surface area (Å²) in [4.78, 5) is 10.1. The fourth-order valence-corrected chi connectivity index (χ4v) is 2.12. The molecule has 2 aromatic rings. The van der Waals surface area contributed by atoms with Gasteiger partial charge in [-0.25, -0.2) is 0 Å². The third-order valence-electron chi connectivity index (χ3n) is 2.73. The van der Waals surface area contributed by atoms with Gasteiger partial charge < -0.3 is 9.47 Å². The molecule has 0 aromatic heterocycles. The molecule has 0 bridgehead atoms. The van der Waals surface area contributed by atoms with E-state index in [0.717, 1.165) is 11.6 Å². The molecule has 0 amide bonds. The first-order valence-electron chi connectivity index (χ1n) is 5.90. The smallest absolute Gasteiger partial charge is 0.346 e. The van der Waals surface area contributed by atoms with E-state index < -0.39 is 16.4 Å². The van der Waals surface area contributed by atoms with Gasteiger partial charge in [0.1, 0.15) is 12.4 Å². The van der Waals surface area contributed by atoms with Crippen molar-refractivity contribution in [2.75, 3.05) is 7.11 Å². The highest BCUT2D eigenvalue weighted by Gasteiger charge is 2.22. The van der Waals surface area contributed by atoms with Gasteiger partial charge in [-0.2, -0.15) is 4.39 Å². The number of nitrogens with zero attached hydrogens (tertiary/aromatic N) is 1. The zero-order chi connectivity index (χ0) is 15.4. The van der Waals surface area contributed by atoms with Crippen molar-refractivity contribution in [2.24, 2.45) is 0 Å². The molecule has 0 spiro atoms. The van der Waals surface area contributed by atoms with Crippen LogP contribution in [0.4, 0.5) is 10.1 Å². The molecule has 110 valence electrons. The first-order chi connectivity index (χ1) is 10.0. The molecule has 0 saturated heterocycles. The first kappa shape index (κ1) is 15.2. The first-order valence-corrected chi connectivity index (χ1v) is 6.69. The molecule has 0 unspecified atom stereocenters. The summed E-state index contributed by atoms with van der Waals surface area (Å²) in [5, 5.41) is 10.9. The Morgan fingerprint density at radius 2 is 1.95 bits per heavy atom. The summed E-state index contributed by atoms with van der Waals surface area (Å²) in [6, 6.07) is 9.41. The van der Waals surface area contributed by atoms with Gasteiger partial charge in [0.25, 0.3) is 0 Å². The summed E-state index contributed by atoms with van der Waals surface area (Å²) >= 11 is 3.08. The van der Waals surface area contributed by atoms with Crippen LogP contribution in [-0.4, -0.2) is 12.0 Å². The summed E-state index contributed by atoms with van der Waals surface area (Å²) in [6.07, 6.45) is 0. The van der Waals surface area contributed by atoms with Crippen LogP contribution in [0.2, 0.25) is 0 Å². The number of hydrogen-bond donors (Lipinski definition) is 0. The fraction of sp³-hybridized carbons (Fsp3) is 0.143. The molecule has 0 aliphatic rings. The number of ether oxygens (including phenoxy) is 2. The maximum atomic E-state index is 13.6. The van der Waals surface area contributed by atoms with Crippen molar-refractivity contribution < 1.29 is 18.8 Å². The molecule has 7 heteroatoms. The number of halogens is 2. The maximum Gasteiger partial charge on any atom is 0.346 e. The number of nitro benzene ring substituents is 1. The van der Waals surface area contributed by atoms with Gasteiger partial charge in [-0.05, 0) is 23.8 Å². The van der Waals surface area contributed by atoms with Gasteiger partial charge in [0.2, 0.25) is 11.6 Å². The van der Waals surface area contributed by atoms with E-state index in [9.17, 15) is 14.5 Å². The highest BCUT2D eigenvalue weighted by molar-refractivity contribution is 9.10. The Balaban J connectivity index is 2.20. The molecule has 0 atom stereocenters. The number of benzene rings is 2. The van der Waals surface area contributed by atoms with Crippen molar-refractivity contribution in [3.8, 4) is 11.5 Å². The second kappa shape index (κ2) is 6.53. The molecular formula is C14H11BrFNO4. The van der Waals surface area contributed by atoms with Crippen molar-refractivity contribution in [1.82, 2.24) is 0 Å². The Bertz CT molecular complexity index is 661. The second-order valence-electron chi connectivity index (χ2n) is 4.13. The van der Waals surface area contributed by atoms with Crippen LogP contribution in [0, 0.1) is 15.9 Å². The molecule has 5 nitrogen and oxygen atoms in total. The van der Waals surface area contributed by atoms with E-state index in [1.165, 1.54) is 6.07 Å². The van der Waals surface area contributed by atoms with Gasteiger partial charge in [0.15, 0.2) is 0 Å². The lowest BCUT2D eigenvalue weighted by Crippen LogP contribution is -2.01. The van der Waals surface area contributed by atoms with E-state index in [4.69, 9.17) is 9.47 Å². The molecule has 0 fully saturated rings. The normalized spacial score (nSPS) is 10.2. The number of hydrogen-bond acceptors (Lipinski definition) is 4. The van der Waals surface area contributed by atoms with Crippen LogP contribution in [0.5, 0.6) is 11.5 Å². The summed E-state index contributed by atoms with van der Waals surface area (Å²) in [6.45, 7) is 0.0841. The molecule has 2 aromatic carbocycles. The predicted molar refractivity (Wildman–Crippen MR) is 78.1 cm³/mol. The lowest BCUT2D eigenvalue weighted by molar-refractivity contribution is -0.388. The van der Waals surface area contributed by atoms with Gasteiger partial charge >= 0.3 is 5.69 Å². The topological polar surface area (TPSA) is 61.6 Å². The van der Waals surface area contributed by atoms with Crippen LogP contribution in [0.1, 0.15) is 5.56 Å². The zero-order valence-electron chi connectivity index (χ0n) is 11.0. The SMILES string of the molecule is COc1ccc(COc2cc(Br)cc(F)c2[N+](=O)[O-])cc1. The fourth-order valence-electron chi connectivity index (χ4n) is 1.71. The minimum absolute atomic E-state index is 0.0841. The minimum Gasteiger partial charge on any atom is -0.497 e. The van der Waals surface area contributed by atoms with Gasteiger partial charge in [-0.1, -0.05) is 28.1 Å². The summed E-state index contributed by atoms with van der Waals surface area (Å²) in [5.74, 6) is -0.375. The number of rotatable bonds is 5. The number of methoxy groups -OCH3 is 1. The molecule has 0 saturated carbocycles. The van der Waals surface area contributed by atoms with Crippen LogP contribution in [0.3, 0.4) is 0 Å². The Kier molecular flexibility index (Phi) is 4.74. The van der Waals surface area contributed by atoms with Crippen molar-refractivity contribution >= 4 is 21.6 Å². The van der Waals surface area contributed by atoms with Gasteiger partial charge in [-0.15, -0.1) is 0 Å². The zero-order valence-corrected chi connectivity index (χ0v) is 12.6. The van der Waals surface area contributed by atoms with E-state index in [2.05, 4.69) is 15.9 Å². The molecular weight excluding hydrogens is 345 g/mol. The van der Waals surface area contributed by atoms with Crippen LogP contribution in [-0.2, 0) is 6.61 Å². The van der Waals surface area contributed by atoms with E-state index in [1.54, 1.807) is 31.4 Å². The highest BCUT2D eigenvalue weighted by atomic mass is 79.9. The molecule has 21 heavy (non-hydrogen) atoms. The largest absolute Gasteiger partial charge is 0.497 e. The molecule has 2 rings (SSSR count). The Morgan fingerprint density at radius 1 is 1.29 bits per heavy atom. The van der Waals surface area contributed by atoms with Crippen molar-refractivity contribution in [1.29, 1.82) is 0 Å². The van der Waals surface area contributed by atoms with Crippen LogP contribution in [0.25, 0.3) is 0 Å². The summed E-state index contributed by atoms with van der Waals surface area (Å²) < 4.78 is 24.4. The van der Waals surface area contributed by atoms with Crippen LogP contribution < -0.4 is 9.47 Å². The number of nitro groups is 1. The van der Waals surface area contributed by atoms with Gasteiger partial charge in [0, 0.05) is 10.5 Å². The van der Waals surface area contributed by atoms with Crippen molar-refractivity contribution in [3.63, 3.8) is 0 Å². The molecule has 0 aliphatic carbocycles. The van der Waals surface area contributed by atoms with E-state index in [0.29, 0.717) is 10.2 Å². The molecule has 0 aliphatic heterocycles. The Hall–Kier alpha value is -2.15. The quantitative estimate of drug-likeness (QED) is 0.598. The Labute approximate surface area is 128 Å². The third-order valence-corrected chi connectivity index (χ3v) is 3.19. The summed E-state index contributed by atoms with van der Waals surface area (Å²) in [7, 11) is 1.55. The minimum atomic E-state index is -0.945. The third kappa shape index (κ3) is 3.69. The average molecular weight is 356 g/mol. The lowest BCUT2D eigenvalue weighted by Gasteiger charge is -2.08. The second-order valence-corrected chi connectivity index (χ2v) is 5.04. The van der Waals surface area contributed by atoms with Crippen molar-refractivity contribution in [3.05, 3.63) is 62.4 Å². The van der Waals surface area contributed by atoms with Crippen LogP contribution >= 0.6 is 15.9 Å². The maximum absolute atomic E-state index is 13.6. The van der Waals surface area contributed by atoms with E-state index in [1.807, 2.05) is 0 Å². The average Bonchev–Trinajstić information content (AvgIpc) is 2.44. The highest BCUT2D eigenvalue weighted by Crippen LogP contribution is 2.34. The molecule has 0 N–H and O–H groups in total. The molecule has 0 heterocycles.